The van der Waals surface area contributed by atoms with Gasteiger partial charge in [-0.25, -0.2) is 4.79 Å². The molecule has 1 fully saturated rings. The van der Waals surface area contributed by atoms with Crippen molar-refractivity contribution in [2.24, 2.45) is 0 Å². The molecule has 1 N–H and O–H groups in total. The Morgan fingerprint density at radius 1 is 1.10 bits per heavy atom. The number of rotatable bonds is 7. The van der Waals surface area contributed by atoms with Gasteiger partial charge in [0, 0.05) is 24.4 Å². The highest BCUT2D eigenvalue weighted by atomic mass is 32.1. The molecule has 4 nitrogen and oxygen atoms in total. The lowest BCUT2D eigenvalue weighted by molar-refractivity contribution is -0.0680. The van der Waals surface area contributed by atoms with E-state index in [0.717, 1.165) is 11.1 Å². The van der Waals surface area contributed by atoms with E-state index in [1.165, 1.54) is 10.4 Å². The molecule has 1 aromatic heterocycles. The van der Waals surface area contributed by atoms with Crippen LogP contribution in [0.25, 0.3) is 10.4 Å². The van der Waals surface area contributed by atoms with Gasteiger partial charge in [0.2, 0.25) is 0 Å². The number of hydrogen-bond acceptors (Lipinski definition) is 4. The van der Waals surface area contributed by atoms with Crippen LogP contribution >= 0.6 is 11.3 Å². The van der Waals surface area contributed by atoms with Crippen molar-refractivity contribution in [1.29, 1.82) is 0 Å². The summed E-state index contributed by atoms with van der Waals surface area (Å²) in [4.78, 5) is 16.1. The number of ether oxygens (including phenoxy) is 1. The van der Waals surface area contributed by atoms with E-state index in [-0.39, 0.29) is 18.7 Å². The van der Waals surface area contributed by atoms with Gasteiger partial charge in [0.25, 0.3) is 0 Å². The molecule has 1 aliphatic heterocycles. The van der Waals surface area contributed by atoms with Gasteiger partial charge in [-0.3, -0.25) is 0 Å². The minimum atomic E-state index is -0.666. The summed E-state index contributed by atoms with van der Waals surface area (Å²) in [6.45, 7) is 2.75. The first-order chi connectivity index (χ1) is 14.6. The molecule has 0 bridgehead atoms. The van der Waals surface area contributed by atoms with E-state index in [4.69, 9.17) is 4.74 Å². The third-order valence-corrected chi connectivity index (χ3v) is 6.90. The van der Waals surface area contributed by atoms with Gasteiger partial charge in [0.15, 0.2) is 0 Å². The molecule has 5 heteroatoms. The first-order valence-electron chi connectivity index (χ1n) is 10.4. The number of nitrogens with zero attached hydrogens (tertiary/aromatic N) is 1. The highest BCUT2D eigenvalue weighted by Gasteiger charge is 2.43. The summed E-state index contributed by atoms with van der Waals surface area (Å²) in [6, 6.07) is 22.4. The molecule has 4 rings (SSSR count). The van der Waals surface area contributed by atoms with Gasteiger partial charge in [0.05, 0.1) is 6.04 Å². The largest absolute Gasteiger partial charge is 0.438 e. The second-order valence-corrected chi connectivity index (χ2v) is 8.72. The van der Waals surface area contributed by atoms with Crippen molar-refractivity contribution < 1.29 is 14.6 Å². The number of carbonyl (C=O) groups excluding carboxylic acids is 1. The monoisotopic (exact) mass is 421 g/mol. The number of carbonyl (C=O) groups is 1. The van der Waals surface area contributed by atoms with E-state index in [1.807, 2.05) is 37.3 Å². The van der Waals surface area contributed by atoms with Crippen LogP contribution in [0.2, 0.25) is 0 Å². The Labute approximate surface area is 181 Å². The molecule has 3 aromatic rings. The molecule has 1 saturated heterocycles. The Hall–Kier alpha value is -2.63. The average molecular weight is 422 g/mol. The van der Waals surface area contributed by atoms with Gasteiger partial charge < -0.3 is 14.7 Å². The maximum Gasteiger partial charge on any atom is 0.411 e. The van der Waals surface area contributed by atoms with Crippen LogP contribution in [-0.4, -0.2) is 29.3 Å². The maximum absolute atomic E-state index is 13.1. The third-order valence-electron chi connectivity index (χ3n) is 5.98. The van der Waals surface area contributed by atoms with Crippen molar-refractivity contribution in [3.63, 3.8) is 0 Å². The Morgan fingerprint density at radius 3 is 2.50 bits per heavy atom. The van der Waals surface area contributed by atoms with Crippen LogP contribution in [0.4, 0.5) is 4.79 Å². The zero-order valence-electron chi connectivity index (χ0n) is 17.2. The number of benzene rings is 2. The number of aliphatic hydroxyl groups excluding tert-OH is 1. The Morgan fingerprint density at radius 2 is 1.87 bits per heavy atom. The number of hydrogen-bond donors (Lipinski definition) is 1. The van der Waals surface area contributed by atoms with Crippen molar-refractivity contribution in [1.82, 2.24) is 4.90 Å². The lowest BCUT2D eigenvalue weighted by Crippen LogP contribution is -2.48. The lowest BCUT2D eigenvalue weighted by atomic mass is 9.84. The first-order valence-corrected chi connectivity index (χ1v) is 11.3. The lowest BCUT2D eigenvalue weighted by Gasteiger charge is -2.43. The summed E-state index contributed by atoms with van der Waals surface area (Å²) in [6.07, 6.45) is 1.64. The smallest absolute Gasteiger partial charge is 0.411 e. The minimum Gasteiger partial charge on any atom is -0.438 e. The SMILES string of the molecule is CC(c1ccc(-c2cccs2)cc1)N1CC[C@](CCCO)(c2ccccc2)OC1=O. The van der Waals surface area contributed by atoms with Crippen LogP contribution in [0.1, 0.15) is 43.4 Å². The van der Waals surface area contributed by atoms with Crippen molar-refractivity contribution in [2.75, 3.05) is 13.2 Å². The molecule has 2 atom stereocenters. The molecule has 1 aliphatic rings. The van der Waals surface area contributed by atoms with Crippen molar-refractivity contribution in [3.05, 3.63) is 83.2 Å². The van der Waals surface area contributed by atoms with Crippen molar-refractivity contribution >= 4 is 17.4 Å². The topological polar surface area (TPSA) is 49.8 Å². The highest BCUT2D eigenvalue weighted by Crippen LogP contribution is 2.40. The second kappa shape index (κ2) is 9.02. The Kier molecular flexibility index (Phi) is 6.21. The molecular weight excluding hydrogens is 394 g/mol. The summed E-state index contributed by atoms with van der Waals surface area (Å²) >= 11 is 1.72. The van der Waals surface area contributed by atoms with E-state index in [2.05, 4.69) is 41.8 Å². The molecule has 2 aromatic carbocycles. The number of cyclic esters (lactones) is 1. The van der Waals surface area contributed by atoms with Gasteiger partial charge in [-0.15, -0.1) is 11.3 Å². The predicted octanol–water partition coefficient (Wildman–Crippen LogP) is 5.99. The van der Waals surface area contributed by atoms with Crippen LogP contribution in [0, 0.1) is 0 Å². The highest BCUT2D eigenvalue weighted by molar-refractivity contribution is 7.13. The van der Waals surface area contributed by atoms with Gasteiger partial charge in [-0.05, 0) is 47.9 Å². The van der Waals surface area contributed by atoms with Crippen molar-refractivity contribution in [2.45, 2.75) is 37.8 Å². The average Bonchev–Trinajstić information content (AvgIpc) is 3.33. The van der Waals surface area contributed by atoms with E-state index in [0.29, 0.717) is 25.8 Å². The summed E-state index contributed by atoms with van der Waals surface area (Å²) < 4.78 is 6.08. The molecule has 156 valence electrons. The molecule has 0 spiro atoms. The fourth-order valence-electron chi connectivity index (χ4n) is 4.20. The zero-order valence-corrected chi connectivity index (χ0v) is 18.0. The van der Waals surface area contributed by atoms with Gasteiger partial charge in [-0.1, -0.05) is 60.7 Å². The summed E-state index contributed by atoms with van der Waals surface area (Å²) in [5, 5.41) is 11.4. The number of thiophene rings is 1. The van der Waals surface area contributed by atoms with E-state index in [1.54, 1.807) is 16.2 Å². The van der Waals surface area contributed by atoms with Crippen LogP contribution in [-0.2, 0) is 10.3 Å². The zero-order chi connectivity index (χ0) is 21.0. The van der Waals surface area contributed by atoms with Crippen LogP contribution in [0.15, 0.2) is 72.1 Å². The Balaban J connectivity index is 1.51. The standard InChI is InChI=1S/C25H27NO3S/c1-19(20-10-12-21(13-11-20)23-9-5-18-30-23)26-16-15-25(14-6-17-27,29-24(26)28)22-7-3-2-4-8-22/h2-5,7-13,18-19,27H,6,14-17H2,1H3/t19?,25-/m1/s1. The molecule has 1 amide bonds. The summed E-state index contributed by atoms with van der Waals surface area (Å²) in [5.41, 5.74) is 2.61. The number of amides is 1. The fourth-order valence-corrected chi connectivity index (χ4v) is 4.93. The summed E-state index contributed by atoms with van der Waals surface area (Å²) in [5.74, 6) is 0. The van der Waals surface area contributed by atoms with Crippen LogP contribution < -0.4 is 0 Å². The van der Waals surface area contributed by atoms with E-state index >= 15 is 0 Å². The molecule has 0 radical (unpaired) electrons. The normalized spacial score (nSPS) is 20.1. The molecule has 30 heavy (non-hydrogen) atoms. The molecule has 0 aliphatic carbocycles. The maximum atomic E-state index is 13.1. The molecule has 1 unspecified atom stereocenters. The predicted molar refractivity (Wildman–Crippen MR) is 120 cm³/mol. The first kappa shape index (κ1) is 20.6. The summed E-state index contributed by atoms with van der Waals surface area (Å²) in [7, 11) is 0. The quantitative estimate of drug-likeness (QED) is 0.510. The Bertz CT molecular complexity index is 956. The molecule has 0 saturated carbocycles. The van der Waals surface area contributed by atoms with Gasteiger partial charge in [0.1, 0.15) is 5.60 Å². The van der Waals surface area contributed by atoms with Gasteiger partial charge in [-0.2, -0.15) is 0 Å². The minimum absolute atomic E-state index is 0.0681. The van der Waals surface area contributed by atoms with Crippen molar-refractivity contribution in [3.8, 4) is 10.4 Å². The van der Waals surface area contributed by atoms with E-state index < -0.39 is 5.60 Å². The van der Waals surface area contributed by atoms with Crippen LogP contribution in [0.3, 0.4) is 0 Å². The molecule has 2 heterocycles. The fraction of sp³-hybridized carbons (Fsp3) is 0.320. The van der Waals surface area contributed by atoms with E-state index in [9.17, 15) is 9.90 Å². The second-order valence-electron chi connectivity index (χ2n) is 7.77. The molecular formula is C25H27NO3S. The van der Waals surface area contributed by atoms with Crippen LogP contribution in [0.5, 0.6) is 0 Å². The third kappa shape index (κ3) is 4.13. The number of aliphatic hydroxyl groups is 1. The van der Waals surface area contributed by atoms with Gasteiger partial charge >= 0.3 is 6.09 Å².